The van der Waals surface area contributed by atoms with Gasteiger partial charge in [0.25, 0.3) is 0 Å². The quantitative estimate of drug-likeness (QED) is 0.548. The normalized spacial score (nSPS) is 14.9. The Morgan fingerprint density at radius 3 is 1.94 bits per heavy atom. The molecule has 0 aliphatic rings. The number of hydrogen-bond donors (Lipinski definition) is 1. The molecule has 0 aromatic rings. The van der Waals surface area contributed by atoms with Crippen LogP contribution in [0.25, 0.3) is 0 Å². The van der Waals surface area contributed by atoms with Crippen molar-refractivity contribution in [3.8, 4) is 0 Å². The van der Waals surface area contributed by atoms with E-state index in [1.807, 2.05) is 0 Å². The van der Waals surface area contributed by atoms with Crippen molar-refractivity contribution < 1.29 is 31.3 Å². The molecular formula is C9H15F5O2S. The van der Waals surface area contributed by atoms with E-state index in [9.17, 15) is 26.2 Å². The fraction of sp³-hybridized carbons (Fsp3) is 1.00. The first-order valence-electron chi connectivity index (χ1n) is 5.11. The van der Waals surface area contributed by atoms with Crippen molar-refractivity contribution in [1.82, 2.24) is 0 Å². The first-order chi connectivity index (χ1) is 7.70. The zero-order valence-electron chi connectivity index (χ0n) is 9.10. The van der Waals surface area contributed by atoms with Gasteiger partial charge < -0.3 is 5.11 Å². The molecule has 0 saturated carbocycles. The molecule has 17 heavy (non-hydrogen) atoms. The van der Waals surface area contributed by atoms with E-state index in [0.29, 0.717) is 12.8 Å². The van der Waals surface area contributed by atoms with E-state index in [1.54, 1.807) is 0 Å². The second-order valence-electron chi connectivity index (χ2n) is 3.58. The highest BCUT2D eigenvalue weighted by Crippen LogP contribution is 2.38. The van der Waals surface area contributed by atoms with Gasteiger partial charge in [0.1, 0.15) is 0 Å². The Hall–Kier alpha value is -0.240. The molecule has 0 aliphatic heterocycles. The van der Waals surface area contributed by atoms with Gasteiger partial charge in [-0.15, -0.1) is 0 Å². The Morgan fingerprint density at radius 1 is 0.941 bits per heavy atom. The molecule has 1 N–H and O–H groups in total. The molecule has 0 heterocycles. The molecule has 0 saturated heterocycles. The van der Waals surface area contributed by atoms with Crippen molar-refractivity contribution in [2.24, 2.45) is 0 Å². The maximum absolute atomic E-state index is 12.4. The largest absolute Gasteiger partial charge is 0.453 e. The summed E-state index contributed by atoms with van der Waals surface area (Å²) in [6.07, 6.45) is -6.38. The van der Waals surface area contributed by atoms with Crippen molar-refractivity contribution in [2.45, 2.75) is 37.8 Å². The lowest BCUT2D eigenvalue weighted by molar-refractivity contribution is -0.284. The summed E-state index contributed by atoms with van der Waals surface area (Å²) in [6.45, 7) is -0.0522. The Bertz CT molecular complexity index is 242. The van der Waals surface area contributed by atoms with Gasteiger partial charge in [-0.2, -0.15) is 22.0 Å². The summed E-state index contributed by atoms with van der Waals surface area (Å²) < 4.78 is 71.3. The minimum Gasteiger partial charge on any atom is -0.396 e. The van der Waals surface area contributed by atoms with Gasteiger partial charge in [-0.25, -0.2) is 0 Å². The number of hydrogen-bond acceptors (Lipinski definition) is 2. The van der Waals surface area contributed by atoms with Crippen LogP contribution in [0.2, 0.25) is 0 Å². The van der Waals surface area contributed by atoms with Crippen LogP contribution < -0.4 is 0 Å². The van der Waals surface area contributed by atoms with Crippen LogP contribution in [0.1, 0.15) is 25.7 Å². The van der Waals surface area contributed by atoms with Crippen LogP contribution in [0.5, 0.6) is 0 Å². The van der Waals surface area contributed by atoms with Crippen molar-refractivity contribution in [3.05, 3.63) is 0 Å². The van der Waals surface area contributed by atoms with Gasteiger partial charge in [-0.05, 0) is 19.3 Å². The first kappa shape index (κ1) is 16.8. The Kier molecular flexibility index (Phi) is 7.15. The number of aliphatic hydroxyl groups is 1. The number of aliphatic hydroxyl groups excluding tert-OH is 1. The molecule has 0 rings (SSSR count). The second-order valence-corrected chi connectivity index (χ2v) is 5.28. The average Bonchev–Trinajstić information content (AvgIpc) is 2.16. The Labute approximate surface area is 98.7 Å². The second kappa shape index (κ2) is 7.25. The molecule has 0 spiro atoms. The Morgan fingerprint density at radius 2 is 1.47 bits per heavy atom. The summed E-state index contributed by atoms with van der Waals surface area (Å²) in [4.78, 5) is 0. The molecule has 0 radical (unpaired) electrons. The third-order valence-electron chi connectivity index (χ3n) is 2.06. The summed E-state index contributed by atoms with van der Waals surface area (Å²) >= 11 is 0. The molecule has 0 aromatic heterocycles. The molecular weight excluding hydrogens is 267 g/mol. The number of halogens is 5. The van der Waals surface area contributed by atoms with Crippen LogP contribution in [0.4, 0.5) is 22.0 Å². The maximum Gasteiger partial charge on any atom is 0.453 e. The van der Waals surface area contributed by atoms with Crippen LogP contribution in [0.15, 0.2) is 0 Å². The number of unbranched alkanes of at least 4 members (excludes halogenated alkanes) is 1. The van der Waals surface area contributed by atoms with Crippen molar-refractivity contribution in [2.75, 3.05) is 18.1 Å². The smallest absolute Gasteiger partial charge is 0.396 e. The highest BCUT2D eigenvalue weighted by Gasteiger charge is 2.56. The lowest BCUT2D eigenvalue weighted by Crippen LogP contribution is -2.36. The molecule has 8 heteroatoms. The van der Waals surface area contributed by atoms with E-state index in [-0.39, 0.29) is 18.1 Å². The zero-order valence-corrected chi connectivity index (χ0v) is 9.92. The standard InChI is InChI=1S/C9H15F5O2S/c10-8(11,9(12,13)14)4-3-7-17(16)6-2-1-5-15/h15H,1-7H2. The fourth-order valence-electron chi connectivity index (χ4n) is 1.07. The van der Waals surface area contributed by atoms with Crippen LogP contribution in [-0.4, -0.2) is 39.5 Å². The first-order valence-corrected chi connectivity index (χ1v) is 6.60. The van der Waals surface area contributed by atoms with Gasteiger partial charge in [-0.3, -0.25) is 4.21 Å². The highest BCUT2D eigenvalue weighted by molar-refractivity contribution is 7.84. The molecule has 2 nitrogen and oxygen atoms in total. The van der Waals surface area contributed by atoms with E-state index in [2.05, 4.69) is 0 Å². The summed E-state index contributed by atoms with van der Waals surface area (Å²) in [7, 11) is -1.39. The minimum absolute atomic E-state index is 0.0522. The molecule has 0 aromatic carbocycles. The topological polar surface area (TPSA) is 37.3 Å². The van der Waals surface area contributed by atoms with E-state index in [1.165, 1.54) is 0 Å². The van der Waals surface area contributed by atoms with Gasteiger partial charge in [0, 0.05) is 35.3 Å². The maximum atomic E-state index is 12.4. The zero-order chi connectivity index (χ0) is 13.5. The Balaban J connectivity index is 3.80. The molecule has 0 aliphatic carbocycles. The number of rotatable bonds is 8. The van der Waals surface area contributed by atoms with Gasteiger partial charge >= 0.3 is 12.1 Å². The van der Waals surface area contributed by atoms with Crippen LogP contribution >= 0.6 is 0 Å². The number of alkyl halides is 5. The van der Waals surface area contributed by atoms with Crippen molar-refractivity contribution in [1.29, 1.82) is 0 Å². The predicted octanol–water partition coefficient (Wildman–Crippen LogP) is 2.49. The summed E-state index contributed by atoms with van der Waals surface area (Å²) in [5.41, 5.74) is 0. The third-order valence-corrected chi connectivity index (χ3v) is 3.55. The minimum atomic E-state index is -5.54. The molecule has 0 amide bonds. The monoisotopic (exact) mass is 282 g/mol. The summed E-state index contributed by atoms with van der Waals surface area (Å²) in [5, 5.41) is 8.43. The van der Waals surface area contributed by atoms with E-state index in [0.717, 1.165) is 0 Å². The molecule has 0 fully saturated rings. The van der Waals surface area contributed by atoms with Crippen LogP contribution in [-0.2, 0) is 10.8 Å². The SMILES string of the molecule is O=S(CCCCO)CCCC(F)(F)C(F)(F)F. The predicted molar refractivity (Wildman–Crippen MR) is 54.4 cm³/mol. The third kappa shape index (κ3) is 6.92. The molecule has 0 bridgehead atoms. The van der Waals surface area contributed by atoms with Crippen LogP contribution in [0.3, 0.4) is 0 Å². The van der Waals surface area contributed by atoms with Gasteiger partial charge in [0.05, 0.1) is 0 Å². The molecule has 1 atom stereocenters. The van der Waals surface area contributed by atoms with Gasteiger partial charge in [-0.1, -0.05) is 0 Å². The van der Waals surface area contributed by atoms with Gasteiger partial charge in [0.2, 0.25) is 0 Å². The van der Waals surface area contributed by atoms with E-state index >= 15 is 0 Å². The van der Waals surface area contributed by atoms with Crippen molar-refractivity contribution in [3.63, 3.8) is 0 Å². The summed E-state index contributed by atoms with van der Waals surface area (Å²) in [5.74, 6) is -4.66. The molecule has 1 unspecified atom stereocenters. The fourth-order valence-corrected chi connectivity index (χ4v) is 2.27. The average molecular weight is 282 g/mol. The highest BCUT2D eigenvalue weighted by atomic mass is 32.2. The molecule has 104 valence electrons. The van der Waals surface area contributed by atoms with E-state index < -0.39 is 35.7 Å². The van der Waals surface area contributed by atoms with E-state index in [4.69, 9.17) is 5.11 Å². The lowest BCUT2D eigenvalue weighted by atomic mass is 10.2. The van der Waals surface area contributed by atoms with Crippen LogP contribution in [0, 0.1) is 0 Å². The van der Waals surface area contributed by atoms with Gasteiger partial charge in [0.15, 0.2) is 0 Å². The van der Waals surface area contributed by atoms with Crippen molar-refractivity contribution >= 4 is 10.8 Å². The lowest BCUT2D eigenvalue weighted by Gasteiger charge is -2.19. The summed E-state index contributed by atoms with van der Waals surface area (Å²) in [6, 6.07) is 0.